The summed E-state index contributed by atoms with van der Waals surface area (Å²) in [6.45, 7) is 0. The molecule has 8 heteroatoms. The molecule has 0 atom stereocenters. The fourth-order valence-corrected chi connectivity index (χ4v) is 2.62. The molecular formula is C21H16ClN3O4. The van der Waals surface area contributed by atoms with Crippen molar-refractivity contribution in [2.24, 2.45) is 5.73 Å². The summed E-state index contributed by atoms with van der Waals surface area (Å²) in [6, 6.07) is 19.1. The van der Waals surface area contributed by atoms with E-state index in [1.165, 1.54) is 0 Å². The lowest BCUT2D eigenvalue weighted by atomic mass is 10.2. The van der Waals surface area contributed by atoms with Crippen molar-refractivity contribution in [1.29, 1.82) is 0 Å². The van der Waals surface area contributed by atoms with Crippen molar-refractivity contribution < 1.29 is 19.1 Å². The first kappa shape index (κ1) is 19.9. The molecule has 0 saturated heterocycles. The third kappa shape index (κ3) is 5.12. The van der Waals surface area contributed by atoms with E-state index in [2.05, 4.69) is 10.9 Å². The smallest absolute Gasteiger partial charge is 0.271 e. The van der Waals surface area contributed by atoms with Crippen molar-refractivity contribution in [3.63, 3.8) is 0 Å². The molecule has 3 aromatic rings. The van der Waals surface area contributed by atoms with Crippen molar-refractivity contribution in [3.8, 4) is 11.5 Å². The molecule has 4 N–H and O–H groups in total. The second kappa shape index (κ2) is 8.90. The van der Waals surface area contributed by atoms with Gasteiger partial charge in [-0.05, 0) is 60.7 Å². The van der Waals surface area contributed by atoms with Crippen molar-refractivity contribution in [3.05, 3.63) is 94.5 Å². The van der Waals surface area contributed by atoms with E-state index >= 15 is 0 Å². The van der Waals surface area contributed by atoms with Gasteiger partial charge in [-0.2, -0.15) is 0 Å². The highest BCUT2D eigenvalue weighted by molar-refractivity contribution is 6.33. The molecule has 0 saturated carbocycles. The quantitative estimate of drug-likeness (QED) is 0.561. The van der Waals surface area contributed by atoms with Gasteiger partial charge >= 0.3 is 0 Å². The third-order valence-electron chi connectivity index (χ3n) is 3.90. The Bertz CT molecular complexity index is 1050. The van der Waals surface area contributed by atoms with Gasteiger partial charge in [-0.3, -0.25) is 25.2 Å². The summed E-state index contributed by atoms with van der Waals surface area (Å²) >= 11 is 5.95. The molecule has 0 heterocycles. The summed E-state index contributed by atoms with van der Waals surface area (Å²) in [5.41, 5.74) is 10.8. The Hall–Kier alpha value is -3.84. The van der Waals surface area contributed by atoms with Gasteiger partial charge in [0.15, 0.2) is 0 Å². The summed E-state index contributed by atoms with van der Waals surface area (Å²) in [5.74, 6) is -0.535. The summed E-state index contributed by atoms with van der Waals surface area (Å²) < 4.78 is 5.65. The first-order valence-corrected chi connectivity index (χ1v) is 8.85. The average Bonchev–Trinajstić information content (AvgIpc) is 2.73. The monoisotopic (exact) mass is 409 g/mol. The lowest BCUT2D eigenvalue weighted by Crippen LogP contribution is -2.41. The Morgan fingerprint density at radius 3 is 1.79 bits per heavy atom. The van der Waals surface area contributed by atoms with Crippen LogP contribution in [0.15, 0.2) is 72.8 Å². The predicted molar refractivity (Wildman–Crippen MR) is 108 cm³/mol. The van der Waals surface area contributed by atoms with Crippen LogP contribution in [0.4, 0.5) is 0 Å². The number of hydrogen-bond donors (Lipinski definition) is 3. The van der Waals surface area contributed by atoms with E-state index in [1.807, 2.05) is 0 Å². The number of carbonyl (C=O) groups excluding carboxylic acids is 3. The number of carbonyl (C=O) groups is 3. The van der Waals surface area contributed by atoms with E-state index in [-0.39, 0.29) is 10.6 Å². The van der Waals surface area contributed by atoms with E-state index in [9.17, 15) is 14.4 Å². The molecule has 146 valence electrons. The van der Waals surface area contributed by atoms with Crippen LogP contribution >= 0.6 is 11.6 Å². The minimum Gasteiger partial charge on any atom is -0.457 e. The van der Waals surface area contributed by atoms with Crippen LogP contribution in [0.3, 0.4) is 0 Å². The van der Waals surface area contributed by atoms with Crippen LogP contribution in [-0.2, 0) is 0 Å². The summed E-state index contributed by atoms with van der Waals surface area (Å²) in [6.07, 6.45) is 0. The Morgan fingerprint density at radius 1 is 0.724 bits per heavy atom. The zero-order valence-electron chi connectivity index (χ0n) is 15.0. The fourth-order valence-electron chi connectivity index (χ4n) is 2.40. The molecule has 3 aromatic carbocycles. The number of halogens is 1. The molecule has 3 rings (SSSR count). The predicted octanol–water partition coefficient (Wildman–Crippen LogP) is 3.31. The average molecular weight is 410 g/mol. The lowest BCUT2D eigenvalue weighted by Gasteiger charge is -2.09. The largest absolute Gasteiger partial charge is 0.457 e. The second-order valence-corrected chi connectivity index (χ2v) is 6.31. The number of nitrogens with one attached hydrogen (secondary N) is 2. The van der Waals surface area contributed by atoms with Crippen LogP contribution in [0.1, 0.15) is 31.1 Å². The van der Waals surface area contributed by atoms with Gasteiger partial charge < -0.3 is 10.5 Å². The van der Waals surface area contributed by atoms with Gasteiger partial charge in [-0.1, -0.05) is 23.7 Å². The highest BCUT2D eigenvalue weighted by Gasteiger charge is 2.12. The van der Waals surface area contributed by atoms with Gasteiger partial charge in [0.1, 0.15) is 11.5 Å². The Balaban J connectivity index is 1.58. The number of amides is 3. The Labute approximate surface area is 171 Å². The molecule has 0 aliphatic carbocycles. The first-order chi connectivity index (χ1) is 13.9. The van der Waals surface area contributed by atoms with E-state index in [0.29, 0.717) is 22.6 Å². The number of hydrazine groups is 1. The van der Waals surface area contributed by atoms with Gasteiger partial charge in [0.25, 0.3) is 11.8 Å². The minimum absolute atomic E-state index is 0.251. The van der Waals surface area contributed by atoms with Crippen molar-refractivity contribution in [2.45, 2.75) is 0 Å². The molecule has 0 fully saturated rings. The zero-order chi connectivity index (χ0) is 20.8. The number of ether oxygens (including phenoxy) is 1. The van der Waals surface area contributed by atoms with Crippen LogP contribution in [0.25, 0.3) is 0 Å². The number of benzene rings is 3. The van der Waals surface area contributed by atoms with Crippen molar-refractivity contribution in [2.75, 3.05) is 0 Å². The molecule has 3 amide bonds. The minimum atomic E-state index is -0.525. The maximum atomic E-state index is 12.2. The van der Waals surface area contributed by atoms with E-state index in [0.717, 1.165) is 0 Å². The van der Waals surface area contributed by atoms with Crippen molar-refractivity contribution >= 4 is 29.3 Å². The highest BCUT2D eigenvalue weighted by Crippen LogP contribution is 2.22. The molecule has 0 bridgehead atoms. The first-order valence-electron chi connectivity index (χ1n) is 8.47. The van der Waals surface area contributed by atoms with Crippen molar-refractivity contribution in [1.82, 2.24) is 10.9 Å². The summed E-state index contributed by atoms with van der Waals surface area (Å²) in [4.78, 5) is 35.3. The standard InChI is InChI=1S/C21H16ClN3O4/c22-18-4-2-1-3-17(18)21(28)25-24-20(27)14-7-11-16(12-8-14)29-15-9-5-13(6-10-15)19(23)26/h1-12H,(H2,23,26)(H,24,27)(H,25,28). The molecule has 29 heavy (non-hydrogen) atoms. The van der Waals surface area contributed by atoms with E-state index in [4.69, 9.17) is 22.1 Å². The Morgan fingerprint density at radius 2 is 1.24 bits per heavy atom. The SMILES string of the molecule is NC(=O)c1ccc(Oc2ccc(C(=O)NNC(=O)c3ccccc3Cl)cc2)cc1. The van der Waals surface area contributed by atoms with Crippen LogP contribution < -0.4 is 21.3 Å². The van der Waals surface area contributed by atoms with Gasteiger partial charge in [-0.15, -0.1) is 0 Å². The van der Waals surface area contributed by atoms with Crippen LogP contribution in [0, 0.1) is 0 Å². The van der Waals surface area contributed by atoms with Gasteiger partial charge in [-0.25, -0.2) is 0 Å². The van der Waals surface area contributed by atoms with Gasteiger partial charge in [0.05, 0.1) is 10.6 Å². The van der Waals surface area contributed by atoms with Crippen LogP contribution in [0.2, 0.25) is 5.02 Å². The normalized spacial score (nSPS) is 10.1. The lowest BCUT2D eigenvalue weighted by molar-refractivity contribution is 0.0846. The molecule has 0 aromatic heterocycles. The van der Waals surface area contributed by atoms with Crippen LogP contribution in [0.5, 0.6) is 11.5 Å². The zero-order valence-corrected chi connectivity index (χ0v) is 15.8. The summed E-state index contributed by atoms with van der Waals surface area (Å²) in [7, 11) is 0. The molecule has 7 nitrogen and oxygen atoms in total. The maximum absolute atomic E-state index is 12.2. The third-order valence-corrected chi connectivity index (χ3v) is 4.23. The number of nitrogens with two attached hydrogens (primary N) is 1. The van der Waals surface area contributed by atoms with E-state index < -0.39 is 17.7 Å². The van der Waals surface area contributed by atoms with Crippen LogP contribution in [-0.4, -0.2) is 17.7 Å². The highest BCUT2D eigenvalue weighted by atomic mass is 35.5. The molecule has 0 spiro atoms. The fraction of sp³-hybridized carbons (Fsp3) is 0. The Kier molecular flexibility index (Phi) is 6.11. The molecular weight excluding hydrogens is 394 g/mol. The molecule has 0 radical (unpaired) electrons. The van der Waals surface area contributed by atoms with Gasteiger partial charge in [0.2, 0.25) is 5.91 Å². The number of hydrogen-bond acceptors (Lipinski definition) is 4. The number of rotatable bonds is 5. The van der Waals surface area contributed by atoms with E-state index in [1.54, 1.807) is 72.8 Å². The second-order valence-electron chi connectivity index (χ2n) is 5.90. The molecule has 0 aliphatic rings. The van der Waals surface area contributed by atoms with Gasteiger partial charge in [0, 0.05) is 11.1 Å². The molecule has 0 aliphatic heterocycles. The molecule has 0 unspecified atom stereocenters. The topological polar surface area (TPSA) is 111 Å². The maximum Gasteiger partial charge on any atom is 0.271 e. The summed E-state index contributed by atoms with van der Waals surface area (Å²) in [5, 5.41) is 0.282. The number of primary amides is 1.